The Kier molecular flexibility index (Phi) is 3.35. The fourth-order valence-electron chi connectivity index (χ4n) is 2.54. The lowest BCUT2D eigenvalue weighted by Gasteiger charge is -2.07. The van der Waals surface area contributed by atoms with Gasteiger partial charge in [-0.15, -0.1) is 11.3 Å². The third-order valence-electron chi connectivity index (χ3n) is 3.63. The lowest BCUT2D eigenvalue weighted by Crippen LogP contribution is -2.00. The van der Waals surface area contributed by atoms with Gasteiger partial charge in [0.05, 0.1) is 11.1 Å². The topological polar surface area (TPSA) is 98.6 Å². The number of nitrogens with two attached hydrogens (primary N) is 1. The number of anilines is 1. The molecule has 0 aliphatic heterocycles. The molecule has 4 aromatic rings. The number of hydrogen-bond acceptors (Lipinski definition) is 7. The molecule has 0 fully saturated rings. The second-order valence-electron chi connectivity index (χ2n) is 5.24. The van der Waals surface area contributed by atoms with Crippen molar-refractivity contribution in [3.63, 3.8) is 0 Å². The van der Waals surface area contributed by atoms with Gasteiger partial charge in [-0.05, 0) is 30.3 Å². The monoisotopic (exact) mass is 340 g/mol. The summed E-state index contributed by atoms with van der Waals surface area (Å²) in [5.41, 5.74) is 6.25. The normalized spacial score (nSPS) is 11.2. The molecular weight excluding hydrogens is 328 g/mol. The number of thiazole rings is 1. The molecule has 0 spiro atoms. The van der Waals surface area contributed by atoms with E-state index in [-0.39, 0.29) is 12.4 Å². The number of nitrogen functional groups attached to an aromatic ring is 1. The number of aromatic nitrogens is 1. The fourth-order valence-corrected chi connectivity index (χ4v) is 3.08. The summed E-state index contributed by atoms with van der Waals surface area (Å²) >= 11 is 1.35. The van der Waals surface area contributed by atoms with Gasteiger partial charge >= 0.3 is 5.63 Å². The standard InChI is InChI=1S/C17H12N2O4S/c18-17-19-9(8-24-17)7-22-11-2-4-13-12-3-1-10(20)5-14(12)16(21)23-15(13)6-11/h1-6,8,20H,7H2,(H2,18,19). The SMILES string of the molecule is Nc1nc(COc2ccc3c(c2)oc(=O)c2cc(O)ccc23)cs1. The number of aromatic hydroxyl groups is 1. The van der Waals surface area contributed by atoms with Crippen LogP contribution in [0.25, 0.3) is 21.7 Å². The molecule has 2 aromatic heterocycles. The van der Waals surface area contributed by atoms with Gasteiger partial charge < -0.3 is 20.0 Å². The highest BCUT2D eigenvalue weighted by atomic mass is 32.1. The highest BCUT2D eigenvalue weighted by Gasteiger charge is 2.09. The maximum Gasteiger partial charge on any atom is 0.344 e. The molecule has 0 saturated heterocycles. The van der Waals surface area contributed by atoms with Crippen molar-refractivity contribution in [1.82, 2.24) is 4.98 Å². The summed E-state index contributed by atoms with van der Waals surface area (Å²) in [4.78, 5) is 16.2. The summed E-state index contributed by atoms with van der Waals surface area (Å²) in [5.74, 6) is 0.590. The van der Waals surface area contributed by atoms with Gasteiger partial charge in [0.15, 0.2) is 5.13 Å². The number of phenols is 1. The average Bonchev–Trinajstić information content (AvgIpc) is 2.98. The molecule has 0 radical (unpaired) electrons. The molecule has 0 aliphatic rings. The third-order valence-corrected chi connectivity index (χ3v) is 4.35. The van der Waals surface area contributed by atoms with Crippen molar-refractivity contribution < 1.29 is 14.3 Å². The molecular formula is C17H12N2O4S. The largest absolute Gasteiger partial charge is 0.508 e. The van der Waals surface area contributed by atoms with E-state index >= 15 is 0 Å². The summed E-state index contributed by atoms with van der Waals surface area (Å²) < 4.78 is 11.0. The molecule has 0 unspecified atom stereocenters. The first-order chi connectivity index (χ1) is 11.6. The van der Waals surface area contributed by atoms with Crippen LogP contribution in [0.1, 0.15) is 5.69 Å². The zero-order valence-corrected chi connectivity index (χ0v) is 13.2. The van der Waals surface area contributed by atoms with Gasteiger partial charge in [-0.2, -0.15) is 0 Å². The van der Waals surface area contributed by atoms with Gasteiger partial charge in [0.2, 0.25) is 0 Å². The molecule has 0 aliphatic carbocycles. The summed E-state index contributed by atoms with van der Waals surface area (Å²) in [6, 6.07) is 9.92. The minimum absolute atomic E-state index is 0.0247. The van der Waals surface area contributed by atoms with Gasteiger partial charge in [-0.1, -0.05) is 0 Å². The van der Waals surface area contributed by atoms with Crippen LogP contribution < -0.4 is 16.1 Å². The van der Waals surface area contributed by atoms with E-state index in [4.69, 9.17) is 14.9 Å². The Hall–Kier alpha value is -3.06. The van der Waals surface area contributed by atoms with Crippen molar-refractivity contribution >= 4 is 38.2 Å². The molecule has 4 rings (SSSR count). The van der Waals surface area contributed by atoms with Gasteiger partial charge in [0.25, 0.3) is 0 Å². The van der Waals surface area contributed by atoms with E-state index < -0.39 is 5.63 Å². The Labute approximate surface area is 139 Å². The Morgan fingerprint density at radius 2 is 2.00 bits per heavy atom. The van der Waals surface area contributed by atoms with Gasteiger partial charge in [0, 0.05) is 22.2 Å². The second-order valence-corrected chi connectivity index (χ2v) is 6.13. The molecule has 0 amide bonds. The van der Waals surface area contributed by atoms with E-state index in [0.717, 1.165) is 16.5 Å². The van der Waals surface area contributed by atoms with Crippen LogP contribution in [-0.4, -0.2) is 10.1 Å². The van der Waals surface area contributed by atoms with Crippen LogP contribution in [0.15, 0.2) is 51.0 Å². The van der Waals surface area contributed by atoms with Crippen LogP contribution >= 0.6 is 11.3 Å². The molecule has 3 N–H and O–H groups in total. The predicted octanol–water partition coefficient (Wildman–Crippen LogP) is 3.27. The van der Waals surface area contributed by atoms with Crippen LogP contribution in [0, 0.1) is 0 Å². The number of fused-ring (bicyclic) bond motifs is 3. The first-order valence-electron chi connectivity index (χ1n) is 7.12. The third kappa shape index (κ3) is 2.55. The zero-order chi connectivity index (χ0) is 16.7. The first kappa shape index (κ1) is 14.5. The molecule has 0 bridgehead atoms. The average molecular weight is 340 g/mol. The summed E-state index contributed by atoms with van der Waals surface area (Å²) in [5, 5.41) is 13.7. The molecule has 0 saturated carbocycles. The molecule has 120 valence electrons. The lowest BCUT2D eigenvalue weighted by molar-refractivity contribution is 0.302. The number of hydrogen-bond donors (Lipinski definition) is 2. The van der Waals surface area contributed by atoms with Gasteiger partial charge in [-0.3, -0.25) is 0 Å². The molecule has 2 heterocycles. The molecule has 0 atom stereocenters. The minimum atomic E-state index is -0.502. The van der Waals surface area contributed by atoms with E-state index in [1.165, 1.54) is 23.5 Å². The Morgan fingerprint density at radius 3 is 2.79 bits per heavy atom. The van der Waals surface area contributed by atoms with E-state index in [1.807, 2.05) is 11.4 Å². The van der Waals surface area contributed by atoms with E-state index in [9.17, 15) is 9.90 Å². The van der Waals surface area contributed by atoms with Crippen LogP contribution in [0.4, 0.5) is 5.13 Å². The van der Waals surface area contributed by atoms with Crippen molar-refractivity contribution in [2.45, 2.75) is 6.61 Å². The van der Waals surface area contributed by atoms with Crippen LogP contribution in [-0.2, 0) is 6.61 Å². The van der Waals surface area contributed by atoms with Crippen molar-refractivity contribution in [2.24, 2.45) is 0 Å². The van der Waals surface area contributed by atoms with Gasteiger partial charge in [-0.25, -0.2) is 9.78 Å². The number of benzene rings is 2. The lowest BCUT2D eigenvalue weighted by atomic mass is 10.1. The quantitative estimate of drug-likeness (QED) is 0.439. The van der Waals surface area contributed by atoms with E-state index in [0.29, 0.717) is 21.9 Å². The zero-order valence-electron chi connectivity index (χ0n) is 12.4. The number of ether oxygens (including phenoxy) is 1. The highest BCUT2D eigenvalue weighted by Crippen LogP contribution is 2.28. The summed E-state index contributed by atoms with van der Waals surface area (Å²) in [6.45, 7) is 0.283. The first-order valence-corrected chi connectivity index (χ1v) is 8.00. The van der Waals surface area contributed by atoms with E-state index in [2.05, 4.69) is 4.98 Å². The predicted molar refractivity (Wildman–Crippen MR) is 92.5 cm³/mol. The highest BCUT2D eigenvalue weighted by molar-refractivity contribution is 7.13. The maximum absolute atomic E-state index is 12.1. The number of phenolic OH excluding ortho intramolecular Hbond substituents is 1. The maximum atomic E-state index is 12.1. The second kappa shape index (κ2) is 5.54. The number of nitrogens with zero attached hydrogens (tertiary/aromatic N) is 1. The van der Waals surface area contributed by atoms with Crippen molar-refractivity contribution in [2.75, 3.05) is 5.73 Å². The van der Waals surface area contributed by atoms with E-state index in [1.54, 1.807) is 18.2 Å². The van der Waals surface area contributed by atoms with Crippen molar-refractivity contribution in [1.29, 1.82) is 0 Å². The van der Waals surface area contributed by atoms with Gasteiger partial charge in [0.1, 0.15) is 23.7 Å². The van der Waals surface area contributed by atoms with Crippen LogP contribution in [0.3, 0.4) is 0 Å². The number of rotatable bonds is 3. The Bertz CT molecular complexity index is 1120. The summed E-state index contributed by atoms with van der Waals surface area (Å²) in [7, 11) is 0. The van der Waals surface area contributed by atoms with Crippen molar-refractivity contribution in [3.8, 4) is 11.5 Å². The molecule has 24 heavy (non-hydrogen) atoms. The van der Waals surface area contributed by atoms with Crippen LogP contribution in [0.5, 0.6) is 11.5 Å². The summed E-state index contributed by atoms with van der Waals surface area (Å²) in [6.07, 6.45) is 0. The Balaban J connectivity index is 1.74. The molecule has 6 nitrogen and oxygen atoms in total. The molecule has 2 aromatic carbocycles. The van der Waals surface area contributed by atoms with Crippen molar-refractivity contribution in [3.05, 3.63) is 57.9 Å². The fraction of sp³-hybridized carbons (Fsp3) is 0.0588. The molecule has 7 heteroatoms. The Morgan fingerprint density at radius 1 is 1.17 bits per heavy atom. The smallest absolute Gasteiger partial charge is 0.344 e. The van der Waals surface area contributed by atoms with Crippen LogP contribution in [0.2, 0.25) is 0 Å². The minimum Gasteiger partial charge on any atom is -0.508 e.